The molecule has 0 spiro atoms. The van der Waals surface area contributed by atoms with E-state index in [1.807, 2.05) is 0 Å². The predicted molar refractivity (Wildman–Crippen MR) is 72.2 cm³/mol. The first-order valence-electron chi connectivity index (χ1n) is 6.22. The predicted octanol–water partition coefficient (Wildman–Crippen LogP) is 0.789. The number of amides is 1. The lowest BCUT2D eigenvalue weighted by Gasteiger charge is -2.16. The lowest BCUT2D eigenvalue weighted by molar-refractivity contribution is -0.124. The van der Waals surface area contributed by atoms with E-state index in [1.54, 1.807) is 31.2 Å². The molecule has 0 aliphatic carbocycles. The highest BCUT2D eigenvalue weighted by Crippen LogP contribution is 2.24. The van der Waals surface area contributed by atoms with Crippen LogP contribution >= 0.6 is 0 Å². The number of aliphatic hydroxyl groups excluding tert-OH is 2. The fraction of sp³-hybridized carbons (Fsp3) is 0.357. The molecule has 4 N–H and O–H groups in total. The highest BCUT2D eigenvalue weighted by molar-refractivity contribution is 5.86. The Balaban J connectivity index is 2.64. The van der Waals surface area contributed by atoms with E-state index in [4.69, 9.17) is 15.1 Å². The first-order chi connectivity index (χ1) is 9.58. The van der Waals surface area contributed by atoms with Crippen LogP contribution in [0.3, 0.4) is 0 Å². The molecule has 0 fully saturated rings. The number of rotatable bonds is 7. The van der Waals surface area contributed by atoms with Gasteiger partial charge >= 0.3 is 0 Å². The van der Waals surface area contributed by atoms with E-state index in [1.165, 1.54) is 11.6 Å². The van der Waals surface area contributed by atoms with Gasteiger partial charge in [-0.25, -0.2) is 5.48 Å². The second-order valence-corrected chi connectivity index (χ2v) is 4.28. The highest BCUT2D eigenvalue weighted by Gasteiger charge is 2.14. The smallest absolute Gasteiger partial charge is 0.267 e. The summed E-state index contributed by atoms with van der Waals surface area (Å²) in [7, 11) is 0. The Morgan fingerprint density at radius 3 is 2.60 bits per heavy atom. The Morgan fingerprint density at radius 1 is 1.40 bits per heavy atom. The van der Waals surface area contributed by atoms with E-state index < -0.39 is 12.0 Å². The molecule has 0 unspecified atom stereocenters. The molecule has 6 nitrogen and oxygen atoms in total. The summed E-state index contributed by atoms with van der Waals surface area (Å²) >= 11 is 0. The molecule has 0 radical (unpaired) electrons. The molecule has 0 aliphatic rings. The molecule has 0 saturated heterocycles. The van der Waals surface area contributed by atoms with Crippen molar-refractivity contribution in [2.75, 3.05) is 13.2 Å². The fourth-order valence-electron chi connectivity index (χ4n) is 1.61. The van der Waals surface area contributed by atoms with Crippen LogP contribution in [-0.2, 0) is 4.79 Å². The number of ether oxygens (including phenoxy) is 1. The maximum absolute atomic E-state index is 10.9. The zero-order valence-corrected chi connectivity index (χ0v) is 11.2. The molecule has 0 heterocycles. The van der Waals surface area contributed by atoms with Gasteiger partial charge in [0.05, 0.1) is 12.7 Å². The summed E-state index contributed by atoms with van der Waals surface area (Å²) in [6.45, 7) is 1.92. The van der Waals surface area contributed by atoms with Gasteiger partial charge in [0.25, 0.3) is 5.91 Å². The van der Waals surface area contributed by atoms with Crippen molar-refractivity contribution in [3.8, 4) is 5.75 Å². The van der Waals surface area contributed by atoms with Crippen LogP contribution in [0, 0.1) is 5.92 Å². The summed E-state index contributed by atoms with van der Waals surface area (Å²) in [5.41, 5.74) is 2.16. The normalized spacial score (nSPS) is 14.0. The molecule has 0 aromatic heterocycles. The first kappa shape index (κ1) is 16.2. The van der Waals surface area contributed by atoms with Crippen LogP contribution in [0.25, 0.3) is 0 Å². The van der Waals surface area contributed by atoms with E-state index in [-0.39, 0.29) is 19.1 Å². The number of hydrogen-bond donors (Lipinski definition) is 4. The molecule has 1 aromatic rings. The molecule has 0 bridgehead atoms. The van der Waals surface area contributed by atoms with Gasteiger partial charge in [0.15, 0.2) is 0 Å². The van der Waals surface area contributed by atoms with Gasteiger partial charge in [-0.2, -0.15) is 0 Å². The Labute approximate surface area is 117 Å². The Morgan fingerprint density at radius 2 is 2.05 bits per heavy atom. The van der Waals surface area contributed by atoms with Crippen molar-refractivity contribution >= 4 is 5.91 Å². The van der Waals surface area contributed by atoms with E-state index in [0.717, 1.165) is 6.08 Å². The number of hydrogen-bond acceptors (Lipinski definition) is 5. The molecular formula is C14H19NO5. The molecule has 1 aromatic carbocycles. The summed E-state index contributed by atoms with van der Waals surface area (Å²) in [6.07, 6.45) is 1.89. The van der Waals surface area contributed by atoms with Crippen molar-refractivity contribution < 1.29 is 25.0 Å². The number of hydroxylamine groups is 1. The SMILES string of the molecule is C[C@H](/C=C/C(=O)NO)[C@@H](O)c1ccc(OCCO)cc1. The lowest BCUT2D eigenvalue weighted by Crippen LogP contribution is -2.16. The van der Waals surface area contributed by atoms with E-state index in [0.29, 0.717) is 11.3 Å². The van der Waals surface area contributed by atoms with Gasteiger partial charge in [-0.15, -0.1) is 0 Å². The summed E-state index contributed by atoms with van der Waals surface area (Å²) in [5, 5.41) is 27.1. The third-order valence-corrected chi connectivity index (χ3v) is 2.74. The molecule has 1 rings (SSSR count). The number of nitrogens with one attached hydrogen (secondary N) is 1. The van der Waals surface area contributed by atoms with Crippen LogP contribution in [0.1, 0.15) is 18.6 Å². The standard InChI is InChI=1S/C14H19NO5/c1-10(2-7-13(17)15-19)14(18)11-3-5-12(6-4-11)20-9-8-16/h2-7,10,14,16,18-19H,8-9H2,1H3,(H,15,17)/b7-2+/t10-,14-/m1/s1. The van der Waals surface area contributed by atoms with Gasteiger partial charge in [0.1, 0.15) is 12.4 Å². The van der Waals surface area contributed by atoms with Crippen molar-refractivity contribution in [2.24, 2.45) is 5.92 Å². The molecule has 110 valence electrons. The van der Waals surface area contributed by atoms with Crippen LogP contribution in [0.4, 0.5) is 0 Å². The Hall–Kier alpha value is -1.89. The van der Waals surface area contributed by atoms with Crippen molar-refractivity contribution in [1.29, 1.82) is 0 Å². The highest BCUT2D eigenvalue weighted by atomic mass is 16.5. The zero-order chi connectivity index (χ0) is 15.0. The topological polar surface area (TPSA) is 99.0 Å². The van der Waals surface area contributed by atoms with Crippen molar-refractivity contribution in [2.45, 2.75) is 13.0 Å². The number of aliphatic hydroxyl groups is 2. The monoisotopic (exact) mass is 281 g/mol. The van der Waals surface area contributed by atoms with E-state index >= 15 is 0 Å². The number of carbonyl (C=O) groups excluding carboxylic acids is 1. The van der Waals surface area contributed by atoms with Crippen LogP contribution in [-0.4, -0.2) is 34.5 Å². The van der Waals surface area contributed by atoms with Crippen LogP contribution in [0.2, 0.25) is 0 Å². The zero-order valence-electron chi connectivity index (χ0n) is 11.2. The fourth-order valence-corrected chi connectivity index (χ4v) is 1.61. The van der Waals surface area contributed by atoms with Crippen LogP contribution in [0.5, 0.6) is 5.75 Å². The molecule has 1 amide bonds. The van der Waals surface area contributed by atoms with Gasteiger partial charge in [-0.3, -0.25) is 10.0 Å². The maximum atomic E-state index is 10.9. The maximum Gasteiger partial charge on any atom is 0.267 e. The third-order valence-electron chi connectivity index (χ3n) is 2.74. The lowest BCUT2D eigenvalue weighted by atomic mass is 9.97. The molecular weight excluding hydrogens is 262 g/mol. The van der Waals surface area contributed by atoms with Gasteiger partial charge < -0.3 is 14.9 Å². The average Bonchev–Trinajstić information content (AvgIpc) is 2.49. The van der Waals surface area contributed by atoms with Crippen molar-refractivity contribution in [3.63, 3.8) is 0 Å². The second-order valence-electron chi connectivity index (χ2n) is 4.28. The Kier molecular flexibility index (Phi) is 6.72. The van der Waals surface area contributed by atoms with Gasteiger partial charge in [-0.05, 0) is 17.7 Å². The van der Waals surface area contributed by atoms with Gasteiger partial charge in [-0.1, -0.05) is 25.1 Å². The number of benzene rings is 1. The molecule has 6 heteroatoms. The summed E-state index contributed by atoms with van der Waals surface area (Å²) in [6, 6.07) is 6.83. The quantitative estimate of drug-likeness (QED) is 0.336. The minimum Gasteiger partial charge on any atom is -0.491 e. The van der Waals surface area contributed by atoms with Crippen LogP contribution < -0.4 is 10.2 Å². The van der Waals surface area contributed by atoms with Gasteiger partial charge in [0, 0.05) is 12.0 Å². The van der Waals surface area contributed by atoms with Crippen molar-refractivity contribution in [1.82, 2.24) is 5.48 Å². The summed E-state index contributed by atoms with van der Waals surface area (Å²) in [4.78, 5) is 10.9. The Bertz CT molecular complexity index is 443. The van der Waals surface area contributed by atoms with Crippen molar-refractivity contribution in [3.05, 3.63) is 42.0 Å². The second kappa shape index (κ2) is 8.31. The molecule has 0 saturated carbocycles. The number of carbonyl (C=O) groups is 1. The van der Waals surface area contributed by atoms with Gasteiger partial charge in [0.2, 0.25) is 0 Å². The summed E-state index contributed by atoms with van der Waals surface area (Å²) in [5.74, 6) is -0.328. The van der Waals surface area contributed by atoms with Crippen LogP contribution in [0.15, 0.2) is 36.4 Å². The average molecular weight is 281 g/mol. The molecule has 20 heavy (non-hydrogen) atoms. The largest absolute Gasteiger partial charge is 0.491 e. The minimum atomic E-state index is -0.773. The van der Waals surface area contributed by atoms with E-state index in [9.17, 15) is 9.90 Å². The molecule has 0 aliphatic heterocycles. The van der Waals surface area contributed by atoms with E-state index in [2.05, 4.69) is 0 Å². The summed E-state index contributed by atoms with van der Waals surface area (Å²) < 4.78 is 5.22. The third kappa shape index (κ3) is 5.00. The minimum absolute atomic E-state index is 0.0564. The molecule has 2 atom stereocenters. The first-order valence-corrected chi connectivity index (χ1v) is 6.22.